The van der Waals surface area contributed by atoms with Crippen LogP contribution < -0.4 is 0 Å². The highest BCUT2D eigenvalue weighted by Crippen LogP contribution is 2.34. The van der Waals surface area contributed by atoms with E-state index >= 15 is 0 Å². The predicted molar refractivity (Wildman–Crippen MR) is 126 cm³/mol. The lowest BCUT2D eigenvalue weighted by atomic mass is 9.89. The Morgan fingerprint density at radius 1 is 0.733 bits per heavy atom. The third kappa shape index (κ3) is 3.93. The number of fused-ring (bicyclic) bond motifs is 1. The van der Waals surface area contributed by atoms with Gasteiger partial charge in [-0.25, -0.2) is 4.99 Å². The summed E-state index contributed by atoms with van der Waals surface area (Å²) in [5.74, 6) is 1.79. The molecule has 3 heteroatoms. The van der Waals surface area contributed by atoms with Gasteiger partial charge in [0, 0.05) is 19.5 Å². The van der Waals surface area contributed by atoms with E-state index in [4.69, 9.17) is 9.98 Å². The van der Waals surface area contributed by atoms with Crippen molar-refractivity contribution in [3.63, 3.8) is 0 Å². The Balaban J connectivity index is 1.42. The van der Waals surface area contributed by atoms with Crippen LogP contribution in [-0.2, 0) is 0 Å². The van der Waals surface area contributed by atoms with E-state index in [-0.39, 0.29) is 0 Å². The SMILES string of the molecule is Cc1ccc(C2=Nc3ccccc3N=C(N3CCC(c4ccccc4)CC3)C2)cc1. The first kappa shape index (κ1) is 18.8. The highest BCUT2D eigenvalue weighted by molar-refractivity contribution is 6.14. The Morgan fingerprint density at radius 2 is 1.37 bits per heavy atom. The lowest BCUT2D eigenvalue weighted by Crippen LogP contribution is -2.38. The summed E-state index contributed by atoms with van der Waals surface area (Å²) in [4.78, 5) is 12.6. The quantitative estimate of drug-likeness (QED) is 0.493. The zero-order chi connectivity index (χ0) is 20.3. The molecular formula is C27H27N3. The Morgan fingerprint density at radius 3 is 2.07 bits per heavy atom. The summed E-state index contributed by atoms with van der Waals surface area (Å²) in [6, 6.07) is 27.9. The lowest BCUT2D eigenvalue weighted by molar-refractivity contribution is 0.310. The lowest BCUT2D eigenvalue weighted by Gasteiger charge is -2.34. The molecule has 2 aliphatic rings. The first-order chi connectivity index (χ1) is 14.8. The molecule has 2 aliphatic heterocycles. The molecule has 0 saturated carbocycles. The van der Waals surface area contributed by atoms with Crippen molar-refractivity contribution in [1.82, 2.24) is 4.90 Å². The number of aliphatic imine (C=N–C) groups is 2. The molecule has 30 heavy (non-hydrogen) atoms. The summed E-state index contributed by atoms with van der Waals surface area (Å²) in [5, 5.41) is 0. The number of hydrogen-bond donors (Lipinski definition) is 0. The van der Waals surface area contributed by atoms with E-state index in [1.165, 1.54) is 29.5 Å². The van der Waals surface area contributed by atoms with Crippen molar-refractivity contribution in [3.8, 4) is 0 Å². The van der Waals surface area contributed by atoms with E-state index in [0.717, 1.165) is 42.4 Å². The highest BCUT2D eigenvalue weighted by Gasteiger charge is 2.25. The molecule has 5 rings (SSSR count). The molecule has 3 aromatic rings. The topological polar surface area (TPSA) is 28.0 Å². The molecule has 0 radical (unpaired) electrons. The number of likely N-dealkylation sites (tertiary alicyclic amines) is 1. The second kappa shape index (κ2) is 8.27. The minimum Gasteiger partial charge on any atom is -0.360 e. The van der Waals surface area contributed by atoms with Crippen molar-refractivity contribution < 1.29 is 0 Å². The van der Waals surface area contributed by atoms with Crippen molar-refractivity contribution in [2.75, 3.05) is 13.1 Å². The Kier molecular flexibility index (Phi) is 5.18. The molecule has 0 unspecified atom stereocenters. The minimum absolute atomic E-state index is 0.645. The summed E-state index contributed by atoms with van der Waals surface area (Å²) in [5.41, 5.74) is 6.95. The summed E-state index contributed by atoms with van der Waals surface area (Å²) >= 11 is 0. The van der Waals surface area contributed by atoms with Crippen molar-refractivity contribution in [3.05, 3.63) is 95.6 Å². The molecule has 0 aliphatic carbocycles. The number of rotatable bonds is 2. The van der Waals surface area contributed by atoms with Gasteiger partial charge in [0.2, 0.25) is 0 Å². The molecule has 0 amide bonds. The van der Waals surface area contributed by atoms with Gasteiger partial charge in [-0.15, -0.1) is 0 Å². The number of nitrogens with zero attached hydrogens (tertiary/aromatic N) is 3. The molecule has 0 bridgehead atoms. The second-order valence-corrected chi connectivity index (χ2v) is 8.29. The fourth-order valence-corrected chi connectivity index (χ4v) is 4.46. The number of hydrogen-bond acceptors (Lipinski definition) is 3. The summed E-state index contributed by atoms with van der Waals surface area (Å²) in [6.45, 7) is 4.21. The molecule has 1 saturated heterocycles. The van der Waals surface area contributed by atoms with Crippen LogP contribution in [0.4, 0.5) is 11.4 Å². The monoisotopic (exact) mass is 393 g/mol. The van der Waals surface area contributed by atoms with E-state index in [1.807, 2.05) is 12.1 Å². The molecule has 1 fully saturated rings. The van der Waals surface area contributed by atoms with Gasteiger partial charge >= 0.3 is 0 Å². The van der Waals surface area contributed by atoms with E-state index in [1.54, 1.807) is 0 Å². The van der Waals surface area contributed by atoms with Gasteiger partial charge in [-0.2, -0.15) is 0 Å². The zero-order valence-electron chi connectivity index (χ0n) is 17.5. The maximum atomic E-state index is 5.08. The van der Waals surface area contributed by atoms with Crippen LogP contribution in [-0.4, -0.2) is 29.5 Å². The first-order valence-corrected chi connectivity index (χ1v) is 10.9. The molecule has 0 atom stereocenters. The maximum absolute atomic E-state index is 5.08. The van der Waals surface area contributed by atoms with Gasteiger partial charge in [0.15, 0.2) is 0 Å². The van der Waals surface area contributed by atoms with Crippen LogP contribution in [0.5, 0.6) is 0 Å². The second-order valence-electron chi connectivity index (χ2n) is 8.29. The fourth-order valence-electron chi connectivity index (χ4n) is 4.46. The average Bonchev–Trinajstić information content (AvgIpc) is 3.00. The Bertz CT molecular complexity index is 1070. The molecule has 0 N–H and O–H groups in total. The largest absolute Gasteiger partial charge is 0.360 e. The number of aryl methyl sites for hydroxylation is 1. The molecular weight excluding hydrogens is 366 g/mol. The summed E-state index contributed by atoms with van der Waals surface area (Å²) in [6.07, 6.45) is 3.11. The van der Waals surface area contributed by atoms with E-state index in [9.17, 15) is 0 Å². The van der Waals surface area contributed by atoms with Crippen molar-refractivity contribution >= 4 is 22.9 Å². The van der Waals surface area contributed by atoms with E-state index < -0.39 is 0 Å². The van der Waals surface area contributed by atoms with Gasteiger partial charge in [-0.05, 0) is 48.9 Å². The predicted octanol–water partition coefficient (Wildman–Crippen LogP) is 6.43. The molecule has 150 valence electrons. The third-order valence-corrected chi connectivity index (χ3v) is 6.23. The van der Waals surface area contributed by atoms with Crippen LogP contribution in [0.25, 0.3) is 0 Å². The maximum Gasteiger partial charge on any atom is 0.111 e. The van der Waals surface area contributed by atoms with Gasteiger partial charge in [0.05, 0.1) is 17.1 Å². The Hall–Kier alpha value is -3.20. The highest BCUT2D eigenvalue weighted by atomic mass is 15.2. The minimum atomic E-state index is 0.645. The average molecular weight is 394 g/mol. The smallest absolute Gasteiger partial charge is 0.111 e. The van der Waals surface area contributed by atoms with Crippen molar-refractivity contribution in [1.29, 1.82) is 0 Å². The number of piperidine rings is 1. The van der Waals surface area contributed by atoms with E-state index in [0.29, 0.717) is 5.92 Å². The summed E-state index contributed by atoms with van der Waals surface area (Å²) < 4.78 is 0. The van der Waals surface area contributed by atoms with Crippen LogP contribution in [0.1, 0.15) is 41.9 Å². The van der Waals surface area contributed by atoms with Crippen LogP contribution in [0, 0.1) is 6.92 Å². The Labute approximate surface area is 178 Å². The van der Waals surface area contributed by atoms with Crippen LogP contribution in [0.15, 0.2) is 88.8 Å². The van der Waals surface area contributed by atoms with Gasteiger partial charge in [0.25, 0.3) is 0 Å². The normalized spacial score (nSPS) is 17.0. The number of benzene rings is 3. The molecule has 0 spiro atoms. The molecule has 2 heterocycles. The van der Waals surface area contributed by atoms with Crippen LogP contribution in [0.2, 0.25) is 0 Å². The third-order valence-electron chi connectivity index (χ3n) is 6.23. The molecule has 3 nitrogen and oxygen atoms in total. The molecule has 0 aromatic heterocycles. The van der Waals surface area contributed by atoms with Crippen LogP contribution in [0.3, 0.4) is 0 Å². The fraction of sp³-hybridized carbons (Fsp3) is 0.259. The van der Waals surface area contributed by atoms with Gasteiger partial charge < -0.3 is 4.90 Å². The van der Waals surface area contributed by atoms with Crippen molar-refractivity contribution in [2.45, 2.75) is 32.1 Å². The standard InChI is InChI=1S/C27H27N3/c1-20-11-13-23(14-12-20)26-19-27(29-25-10-6-5-9-24(25)28-26)30-17-15-22(16-18-30)21-7-3-2-4-8-21/h2-14,22H,15-19H2,1H3. The summed E-state index contributed by atoms with van der Waals surface area (Å²) in [7, 11) is 0. The number of amidine groups is 1. The number of para-hydroxylation sites is 2. The van der Waals surface area contributed by atoms with Gasteiger partial charge in [-0.3, -0.25) is 4.99 Å². The molecule has 3 aromatic carbocycles. The van der Waals surface area contributed by atoms with Gasteiger partial charge in [0.1, 0.15) is 5.84 Å². The van der Waals surface area contributed by atoms with E-state index in [2.05, 4.69) is 78.6 Å². The zero-order valence-corrected chi connectivity index (χ0v) is 17.5. The first-order valence-electron chi connectivity index (χ1n) is 10.9. The van der Waals surface area contributed by atoms with Gasteiger partial charge in [-0.1, -0.05) is 72.3 Å². The van der Waals surface area contributed by atoms with Crippen LogP contribution >= 0.6 is 0 Å². The van der Waals surface area contributed by atoms with Crippen molar-refractivity contribution in [2.24, 2.45) is 9.98 Å².